The Labute approximate surface area is 166 Å². The zero-order valence-electron chi connectivity index (χ0n) is 17.5. The zero-order chi connectivity index (χ0) is 18.6. The molecule has 2 saturated carbocycles. The predicted octanol–water partition coefficient (Wildman–Crippen LogP) is 6.85. The van der Waals surface area contributed by atoms with Crippen LogP contribution in [0.5, 0.6) is 0 Å². The Morgan fingerprint density at radius 2 is 1.85 bits per heavy atom. The molecule has 148 valence electrons. The first-order valence-electron chi connectivity index (χ1n) is 11.6. The van der Waals surface area contributed by atoms with E-state index in [1.54, 1.807) is 16.7 Å². The minimum absolute atomic E-state index is 0.509. The van der Waals surface area contributed by atoms with E-state index >= 15 is 0 Å². The monoisotopic (exact) mass is 366 g/mol. The number of rotatable bonds is 5. The van der Waals surface area contributed by atoms with Crippen LogP contribution in [0.4, 0.5) is 0 Å². The van der Waals surface area contributed by atoms with Crippen molar-refractivity contribution in [2.24, 2.45) is 17.8 Å². The lowest BCUT2D eigenvalue weighted by Crippen LogP contribution is -2.33. The van der Waals surface area contributed by atoms with Crippen molar-refractivity contribution in [1.29, 1.82) is 0 Å². The molecule has 3 aliphatic carbocycles. The van der Waals surface area contributed by atoms with Crippen LogP contribution < -0.4 is 0 Å². The molecule has 0 aliphatic heterocycles. The fourth-order valence-corrected chi connectivity index (χ4v) is 6.04. The van der Waals surface area contributed by atoms with Crippen LogP contribution in [0.1, 0.15) is 87.8 Å². The molecule has 1 nitrogen and oxygen atoms in total. The summed E-state index contributed by atoms with van der Waals surface area (Å²) in [6.45, 7) is 5.22. The zero-order valence-corrected chi connectivity index (χ0v) is 17.5. The number of allylic oxidation sites excluding steroid dienone is 1. The van der Waals surface area contributed by atoms with Crippen LogP contribution >= 0.6 is 0 Å². The maximum atomic E-state index is 6.08. The second-order valence-corrected chi connectivity index (χ2v) is 9.41. The van der Waals surface area contributed by atoms with Crippen molar-refractivity contribution < 1.29 is 4.74 Å². The molecule has 5 atom stereocenters. The number of ether oxygens (including phenoxy) is 1. The van der Waals surface area contributed by atoms with Gasteiger partial charge >= 0.3 is 0 Å². The highest BCUT2D eigenvalue weighted by atomic mass is 16.5. The Hall–Kier alpha value is -1.08. The maximum absolute atomic E-state index is 6.08. The van der Waals surface area contributed by atoms with Gasteiger partial charge in [0.25, 0.3) is 0 Å². The second-order valence-electron chi connectivity index (χ2n) is 9.41. The summed E-state index contributed by atoms with van der Waals surface area (Å²) in [4.78, 5) is 0. The normalized spacial score (nSPS) is 33.6. The molecule has 27 heavy (non-hydrogen) atoms. The van der Waals surface area contributed by atoms with E-state index in [-0.39, 0.29) is 0 Å². The van der Waals surface area contributed by atoms with Crippen molar-refractivity contribution in [1.82, 2.24) is 0 Å². The van der Waals surface area contributed by atoms with Crippen molar-refractivity contribution in [2.45, 2.75) is 90.1 Å². The summed E-state index contributed by atoms with van der Waals surface area (Å²) in [5, 5.41) is 0. The Balaban J connectivity index is 1.35. The lowest BCUT2D eigenvalue weighted by Gasteiger charge is -2.42. The number of aryl methyl sites for hydroxylation is 1. The first-order valence-corrected chi connectivity index (χ1v) is 11.6. The van der Waals surface area contributed by atoms with E-state index in [2.05, 4.69) is 44.2 Å². The lowest BCUT2D eigenvalue weighted by atomic mass is 9.65. The highest BCUT2D eigenvalue weighted by Crippen LogP contribution is 2.47. The summed E-state index contributed by atoms with van der Waals surface area (Å²) < 4.78 is 6.08. The first-order chi connectivity index (χ1) is 13.3. The summed E-state index contributed by atoms with van der Waals surface area (Å²) in [5.74, 6) is 3.57. The SMILES string of the molecule is C/C=C/COC1CCC2CC(c3ccc4c(c3)CCC(CC)C4)CCC2C1. The molecule has 0 spiro atoms. The molecule has 0 bridgehead atoms. The molecule has 0 radical (unpaired) electrons. The van der Waals surface area contributed by atoms with E-state index in [1.165, 1.54) is 64.2 Å². The summed E-state index contributed by atoms with van der Waals surface area (Å²) in [5.41, 5.74) is 4.96. The lowest BCUT2D eigenvalue weighted by molar-refractivity contribution is -0.00320. The molecular weight excluding hydrogens is 328 g/mol. The third-order valence-corrected chi connectivity index (χ3v) is 7.84. The highest BCUT2D eigenvalue weighted by molar-refractivity contribution is 5.36. The highest BCUT2D eigenvalue weighted by Gasteiger charge is 2.36. The van der Waals surface area contributed by atoms with E-state index in [1.807, 2.05) is 0 Å². The van der Waals surface area contributed by atoms with Gasteiger partial charge in [-0.1, -0.05) is 43.7 Å². The molecule has 0 N–H and O–H groups in total. The largest absolute Gasteiger partial charge is 0.374 e. The average molecular weight is 367 g/mol. The molecule has 1 aromatic rings. The fraction of sp³-hybridized carbons (Fsp3) is 0.692. The summed E-state index contributed by atoms with van der Waals surface area (Å²) in [6, 6.07) is 7.55. The molecule has 5 unspecified atom stereocenters. The van der Waals surface area contributed by atoms with Gasteiger partial charge in [0.15, 0.2) is 0 Å². The van der Waals surface area contributed by atoms with Crippen LogP contribution in [0.3, 0.4) is 0 Å². The van der Waals surface area contributed by atoms with E-state index in [0.717, 1.165) is 30.3 Å². The van der Waals surface area contributed by atoms with Gasteiger partial charge < -0.3 is 4.74 Å². The van der Waals surface area contributed by atoms with Crippen LogP contribution in [-0.4, -0.2) is 12.7 Å². The van der Waals surface area contributed by atoms with Crippen molar-refractivity contribution in [3.8, 4) is 0 Å². The first kappa shape index (κ1) is 19.2. The van der Waals surface area contributed by atoms with E-state index < -0.39 is 0 Å². The molecule has 4 rings (SSSR count). The molecule has 0 amide bonds. The van der Waals surface area contributed by atoms with Gasteiger partial charge in [0, 0.05) is 0 Å². The number of benzene rings is 1. The van der Waals surface area contributed by atoms with Gasteiger partial charge in [-0.2, -0.15) is 0 Å². The van der Waals surface area contributed by atoms with Crippen LogP contribution in [-0.2, 0) is 17.6 Å². The van der Waals surface area contributed by atoms with E-state index in [0.29, 0.717) is 6.10 Å². The average Bonchev–Trinajstić information content (AvgIpc) is 2.72. The topological polar surface area (TPSA) is 9.23 Å². The van der Waals surface area contributed by atoms with Gasteiger partial charge in [0.1, 0.15) is 0 Å². The summed E-state index contributed by atoms with van der Waals surface area (Å²) >= 11 is 0. The third kappa shape index (κ3) is 4.50. The molecule has 0 aromatic heterocycles. The van der Waals surface area contributed by atoms with Crippen molar-refractivity contribution >= 4 is 0 Å². The van der Waals surface area contributed by atoms with Gasteiger partial charge in [-0.25, -0.2) is 0 Å². The smallest absolute Gasteiger partial charge is 0.0651 e. The Morgan fingerprint density at radius 3 is 2.70 bits per heavy atom. The minimum atomic E-state index is 0.509. The van der Waals surface area contributed by atoms with Crippen molar-refractivity contribution in [2.75, 3.05) is 6.61 Å². The molecule has 3 aliphatic rings. The van der Waals surface area contributed by atoms with Crippen LogP contribution in [0.2, 0.25) is 0 Å². The number of hydrogen-bond acceptors (Lipinski definition) is 1. The molecule has 1 heteroatoms. The van der Waals surface area contributed by atoms with Crippen LogP contribution in [0.15, 0.2) is 30.4 Å². The third-order valence-electron chi connectivity index (χ3n) is 7.84. The Morgan fingerprint density at radius 1 is 1.00 bits per heavy atom. The minimum Gasteiger partial charge on any atom is -0.374 e. The Kier molecular flexibility index (Phi) is 6.38. The fourth-order valence-electron chi connectivity index (χ4n) is 6.04. The molecule has 0 saturated heterocycles. The second kappa shape index (κ2) is 8.95. The molecule has 0 heterocycles. The van der Waals surface area contributed by atoms with Crippen LogP contribution in [0, 0.1) is 17.8 Å². The van der Waals surface area contributed by atoms with E-state index in [9.17, 15) is 0 Å². The predicted molar refractivity (Wildman–Crippen MR) is 114 cm³/mol. The maximum Gasteiger partial charge on any atom is 0.0651 e. The summed E-state index contributed by atoms with van der Waals surface area (Å²) in [7, 11) is 0. The molecule has 2 fully saturated rings. The van der Waals surface area contributed by atoms with Gasteiger partial charge in [-0.15, -0.1) is 0 Å². The molecule has 1 aromatic carbocycles. The van der Waals surface area contributed by atoms with Gasteiger partial charge in [0.2, 0.25) is 0 Å². The van der Waals surface area contributed by atoms with Crippen molar-refractivity contribution in [3.05, 3.63) is 47.0 Å². The van der Waals surface area contributed by atoms with E-state index in [4.69, 9.17) is 4.74 Å². The van der Waals surface area contributed by atoms with Gasteiger partial charge in [-0.05, 0) is 105 Å². The van der Waals surface area contributed by atoms with Crippen molar-refractivity contribution in [3.63, 3.8) is 0 Å². The number of fused-ring (bicyclic) bond motifs is 2. The Bertz CT molecular complexity index is 646. The quantitative estimate of drug-likeness (QED) is 0.518. The van der Waals surface area contributed by atoms with Crippen LogP contribution in [0.25, 0.3) is 0 Å². The standard InChI is InChI=1S/C26H38O/c1-3-5-14-27-26-13-12-24-17-23(10-11-25(24)18-26)22-9-8-20-15-19(4-2)6-7-21(20)16-22/h3,5,8-9,16,19,23-26H,4,6-7,10-15,17-18H2,1-2H3/b5-3+. The number of hydrogen-bond donors (Lipinski definition) is 0. The van der Waals surface area contributed by atoms with Gasteiger partial charge in [-0.3, -0.25) is 0 Å². The van der Waals surface area contributed by atoms with Gasteiger partial charge in [0.05, 0.1) is 12.7 Å². The molecular formula is C26H38O. The summed E-state index contributed by atoms with van der Waals surface area (Å²) in [6.07, 6.45) is 18.3.